The number of ether oxygens (including phenoxy) is 1. The van der Waals surface area contributed by atoms with Gasteiger partial charge < -0.3 is 9.84 Å². The minimum absolute atomic E-state index is 0.00479. The smallest absolute Gasteiger partial charge is 0.184 e. The van der Waals surface area contributed by atoms with E-state index in [-0.39, 0.29) is 12.4 Å². The SMILES string of the molecule is C=C(O)COc1ccc(Cl)c(-c2nnc3c(C)nc4cccnc4n23)c1. The van der Waals surface area contributed by atoms with Crippen molar-refractivity contribution in [2.75, 3.05) is 6.61 Å². The second-order valence-corrected chi connectivity index (χ2v) is 6.13. The number of fused-ring (bicyclic) bond motifs is 3. The molecule has 0 atom stereocenters. The predicted octanol–water partition coefficient (Wildman–Crippen LogP) is 3.75. The number of aliphatic hydroxyl groups is 1. The van der Waals surface area contributed by atoms with Gasteiger partial charge in [0.1, 0.15) is 23.6 Å². The van der Waals surface area contributed by atoms with E-state index in [0.29, 0.717) is 33.5 Å². The normalized spacial score (nSPS) is 11.2. The third kappa shape index (κ3) is 2.72. The molecule has 7 nitrogen and oxygen atoms in total. The first-order valence-electron chi connectivity index (χ1n) is 7.80. The number of pyridine rings is 1. The first-order chi connectivity index (χ1) is 12.5. The van der Waals surface area contributed by atoms with E-state index >= 15 is 0 Å². The summed E-state index contributed by atoms with van der Waals surface area (Å²) in [6, 6.07) is 8.87. The predicted molar refractivity (Wildman–Crippen MR) is 98.5 cm³/mol. The van der Waals surface area contributed by atoms with Gasteiger partial charge in [-0.2, -0.15) is 0 Å². The number of hydrogen-bond acceptors (Lipinski definition) is 6. The number of aromatic nitrogens is 5. The Bertz CT molecular complexity index is 1160. The molecule has 1 N–H and O–H groups in total. The van der Waals surface area contributed by atoms with Crippen LogP contribution in [0.25, 0.3) is 28.2 Å². The molecule has 0 saturated carbocycles. The lowest BCUT2D eigenvalue weighted by molar-refractivity contribution is 0.272. The van der Waals surface area contributed by atoms with Gasteiger partial charge in [0.15, 0.2) is 17.1 Å². The van der Waals surface area contributed by atoms with Crippen LogP contribution in [0.5, 0.6) is 5.75 Å². The lowest BCUT2D eigenvalue weighted by Gasteiger charge is -2.09. The molecule has 1 aromatic carbocycles. The van der Waals surface area contributed by atoms with E-state index in [0.717, 1.165) is 11.2 Å². The molecule has 4 aromatic rings. The van der Waals surface area contributed by atoms with Gasteiger partial charge in [-0.15, -0.1) is 10.2 Å². The van der Waals surface area contributed by atoms with Crippen LogP contribution in [0.2, 0.25) is 5.02 Å². The zero-order valence-electron chi connectivity index (χ0n) is 13.8. The molecule has 0 spiro atoms. The summed E-state index contributed by atoms with van der Waals surface area (Å²) in [4.78, 5) is 8.94. The lowest BCUT2D eigenvalue weighted by atomic mass is 10.2. The Kier molecular flexibility index (Phi) is 3.93. The summed E-state index contributed by atoms with van der Waals surface area (Å²) in [5.74, 6) is 0.998. The Hall–Kier alpha value is -3.19. The van der Waals surface area contributed by atoms with E-state index in [1.54, 1.807) is 24.4 Å². The molecule has 0 radical (unpaired) electrons. The molecule has 0 aliphatic rings. The Morgan fingerprint density at radius 1 is 1.27 bits per heavy atom. The minimum Gasteiger partial charge on any atom is -0.509 e. The van der Waals surface area contributed by atoms with E-state index < -0.39 is 0 Å². The zero-order chi connectivity index (χ0) is 18.3. The number of nitrogens with zero attached hydrogens (tertiary/aromatic N) is 5. The average Bonchev–Trinajstić information content (AvgIpc) is 3.07. The van der Waals surface area contributed by atoms with Crippen molar-refractivity contribution < 1.29 is 9.84 Å². The van der Waals surface area contributed by atoms with Crippen LogP contribution in [0.15, 0.2) is 48.9 Å². The van der Waals surface area contributed by atoms with Gasteiger partial charge >= 0.3 is 0 Å². The summed E-state index contributed by atoms with van der Waals surface area (Å²) in [7, 11) is 0. The van der Waals surface area contributed by atoms with Crippen LogP contribution in [0.4, 0.5) is 0 Å². The fourth-order valence-corrected chi connectivity index (χ4v) is 2.91. The highest BCUT2D eigenvalue weighted by Gasteiger charge is 2.17. The molecule has 0 fully saturated rings. The Balaban J connectivity index is 1.95. The summed E-state index contributed by atoms with van der Waals surface area (Å²) in [6.45, 7) is 5.27. The maximum Gasteiger partial charge on any atom is 0.184 e. The van der Waals surface area contributed by atoms with Gasteiger partial charge in [0, 0.05) is 11.8 Å². The number of halogens is 1. The molecule has 26 heavy (non-hydrogen) atoms. The van der Waals surface area contributed by atoms with E-state index in [1.807, 2.05) is 23.5 Å². The topological polar surface area (TPSA) is 85.4 Å². The highest BCUT2D eigenvalue weighted by atomic mass is 35.5. The van der Waals surface area contributed by atoms with E-state index in [9.17, 15) is 5.11 Å². The molecule has 0 aliphatic heterocycles. The molecule has 0 unspecified atom stereocenters. The van der Waals surface area contributed by atoms with Gasteiger partial charge in [0.2, 0.25) is 0 Å². The van der Waals surface area contributed by atoms with Gasteiger partial charge in [0.25, 0.3) is 0 Å². The van der Waals surface area contributed by atoms with Crippen molar-refractivity contribution in [2.45, 2.75) is 6.92 Å². The highest BCUT2D eigenvalue weighted by Crippen LogP contribution is 2.32. The van der Waals surface area contributed by atoms with Crippen LogP contribution in [-0.4, -0.2) is 36.3 Å². The average molecular weight is 368 g/mol. The quantitative estimate of drug-likeness (QED) is 0.553. The van der Waals surface area contributed by atoms with Crippen molar-refractivity contribution in [3.63, 3.8) is 0 Å². The second kappa shape index (κ2) is 6.27. The molecule has 0 amide bonds. The van der Waals surface area contributed by atoms with Crippen molar-refractivity contribution in [3.05, 3.63) is 59.6 Å². The van der Waals surface area contributed by atoms with Crippen molar-refractivity contribution >= 4 is 28.4 Å². The van der Waals surface area contributed by atoms with Crippen LogP contribution in [0.1, 0.15) is 5.69 Å². The van der Waals surface area contributed by atoms with Gasteiger partial charge in [0.05, 0.1) is 10.7 Å². The second-order valence-electron chi connectivity index (χ2n) is 5.72. The van der Waals surface area contributed by atoms with Crippen LogP contribution >= 0.6 is 11.6 Å². The summed E-state index contributed by atoms with van der Waals surface area (Å²) in [5, 5.41) is 18.3. The van der Waals surface area contributed by atoms with Crippen LogP contribution in [0.3, 0.4) is 0 Å². The summed E-state index contributed by atoms with van der Waals surface area (Å²) >= 11 is 6.40. The number of rotatable bonds is 4. The van der Waals surface area contributed by atoms with Crippen molar-refractivity contribution in [3.8, 4) is 17.1 Å². The Morgan fingerprint density at radius 2 is 2.12 bits per heavy atom. The van der Waals surface area contributed by atoms with Gasteiger partial charge in [-0.25, -0.2) is 9.97 Å². The molecule has 3 heterocycles. The number of aliphatic hydroxyl groups excluding tert-OH is 1. The zero-order valence-corrected chi connectivity index (χ0v) is 14.6. The minimum atomic E-state index is -0.0636. The largest absolute Gasteiger partial charge is 0.509 e. The van der Waals surface area contributed by atoms with Crippen molar-refractivity contribution in [1.82, 2.24) is 24.6 Å². The maximum absolute atomic E-state index is 9.22. The molecule has 3 aromatic heterocycles. The Labute approximate surface area is 153 Å². The molecule has 8 heteroatoms. The lowest BCUT2D eigenvalue weighted by Crippen LogP contribution is -2.01. The standard InChI is InChI=1S/C18H14ClN5O2/c1-10(25)9-26-12-5-6-14(19)13(8-12)17-23-22-16-11(2)21-15-4-3-7-20-18(15)24(16)17/h3-8,25H,1,9H2,2H3. The maximum atomic E-state index is 9.22. The molecule has 130 valence electrons. The van der Waals surface area contributed by atoms with E-state index in [4.69, 9.17) is 16.3 Å². The molecule has 0 aliphatic carbocycles. The monoisotopic (exact) mass is 367 g/mol. The number of hydrogen-bond donors (Lipinski definition) is 1. The van der Waals surface area contributed by atoms with Gasteiger partial charge in [-0.1, -0.05) is 18.2 Å². The summed E-state index contributed by atoms with van der Waals surface area (Å²) in [6.07, 6.45) is 1.69. The summed E-state index contributed by atoms with van der Waals surface area (Å²) in [5.41, 5.74) is 3.36. The first kappa shape index (κ1) is 16.3. The number of benzene rings is 1. The fraction of sp³-hybridized carbons (Fsp3) is 0.111. The third-order valence-corrected chi connectivity index (χ3v) is 4.17. The fourth-order valence-electron chi connectivity index (χ4n) is 2.70. The molecular weight excluding hydrogens is 354 g/mol. The first-order valence-corrected chi connectivity index (χ1v) is 8.18. The van der Waals surface area contributed by atoms with Crippen LogP contribution < -0.4 is 4.74 Å². The number of aryl methyl sites for hydroxylation is 1. The molecule has 0 saturated heterocycles. The Morgan fingerprint density at radius 3 is 2.92 bits per heavy atom. The van der Waals surface area contributed by atoms with Crippen LogP contribution in [0, 0.1) is 6.92 Å². The highest BCUT2D eigenvalue weighted by molar-refractivity contribution is 6.33. The third-order valence-electron chi connectivity index (χ3n) is 3.84. The molecule has 4 rings (SSSR count). The van der Waals surface area contributed by atoms with E-state index in [1.165, 1.54) is 0 Å². The van der Waals surface area contributed by atoms with Gasteiger partial charge in [-0.3, -0.25) is 4.40 Å². The van der Waals surface area contributed by atoms with Gasteiger partial charge in [-0.05, 0) is 37.3 Å². The van der Waals surface area contributed by atoms with Crippen molar-refractivity contribution in [2.24, 2.45) is 0 Å². The summed E-state index contributed by atoms with van der Waals surface area (Å²) < 4.78 is 7.32. The molecule has 0 bridgehead atoms. The van der Waals surface area contributed by atoms with Crippen LogP contribution in [-0.2, 0) is 0 Å². The van der Waals surface area contributed by atoms with E-state index in [2.05, 4.69) is 26.7 Å². The van der Waals surface area contributed by atoms with Crippen molar-refractivity contribution in [1.29, 1.82) is 0 Å². The molecular formula is C18H14ClN5O2.